The fourth-order valence-electron chi connectivity index (χ4n) is 2.86. The summed E-state index contributed by atoms with van der Waals surface area (Å²) in [6, 6.07) is 0. The fourth-order valence-corrected chi connectivity index (χ4v) is 2.86. The first-order valence-corrected chi connectivity index (χ1v) is 5.32. The van der Waals surface area contributed by atoms with Crippen molar-refractivity contribution in [1.29, 1.82) is 0 Å². The molecule has 0 amide bonds. The zero-order chi connectivity index (χ0) is 10.1. The minimum atomic E-state index is -0.307. The SMILES string of the molecule is CCN1CC2CCCC2C1=C[N+](=O)[O-]. The third-order valence-electron chi connectivity index (χ3n) is 3.48. The first-order valence-electron chi connectivity index (χ1n) is 5.32. The number of nitrogens with zero attached hydrogens (tertiary/aromatic N) is 2. The van der Waals surface area contributed by atoms with Crippen molar-refractivity contribution in [2.75, 3.05) is 13.1 Å². The molecule has 4 nitrogen and oxygen atoms in total. The van der Waals surface area contributed by atoms with E-state index in [0.29, 0.717) is 11.8 Å². The first kappa shape index (κ1) is 9.49. The van der Waals surface area contributed by atoms with Gasteiger partial charge in [0, 0.05) is 19.0 Å². The topological polar surface area (TPSA) is 46.4 Å². The average molecular weight is 196 g/mol. The molecule has 1 aliphatic heterocycles. The summed E-state index contributed by atoms with van der Waals surface area (Å²) >= 11 is 0. The van der Waals surface area contributed by atoms with Gasteiger partial charge in [-0.05, 0) is 25.7 Å². The molecule has 2 fully saturated rings. The maximum absolute atomic E-state index is 10.5. The molecule has 0 aromatic carbocycles. The third kappa shape index (κ3) is 1.49. The van der Waals surface area contributed by atoms with E-state index in [-0.39, 0.29) is 4.92 Å². The van der Waals surface area contributed by atoms with Gasteiger partial charge >= 0.3 is 0 Å². The van der Waals surface area contributed by atoms with Crippen molar-refractivity contribution < 1.29 is 4.92 Å². The first-order chi connectivity index (χ1) is 6.72. The Labute approximate surface area is 83.7 Å². The van der Waals surface area contributed by atoms with Gasteiger partial charge in [0.2, 0.25) is 0 Å². The van der Waals surface area contributed by atoms with Crippen LogP contribution in [0.5, 0.6) is 0 Å². The molecule has 14 heavy (non-hydrogen) atoms. The molecule has 0 N–H and O–H groups in total. The lowest BCUT2D eigenvalue weighted by Crippen LogP contribution is -2.20. The lowest BCUT2D eigenvalue weighted by atomic mass is 9.98. The van der Waals surface area contributed by atoms with E-state index in [1.165, 1.54) is 19.0 Å². The number of nitro groups is 1. The summed E-state index contributed by atoms with van der Waals surface area (Å²) in [5.74, 6) is 1.15. The summed E-state index contributed by atoms with van der Waals surface area (Å²) in [6.45, 7) is 3.99. The van der Waals surface area contributed by atoms with E-state index < -0.39 is 0 Å². The lowest BCUT2D eigenvalue weighted by molar-refractivity contribution is -0.404. The lowest BCUT2D eigenvalue weighted by Gasteiger charge is -2.17. The fraction of sp³-hybridized carbons (Fsp3) is 0.800. The molecule has 0 spiro atoms. The number of hydrogen-bond acceptors (Lipinski definition) is 3. The van der Waals surface area contributed by atoms with E-state index in [1.807, 2.05) is 0 Å². The largest absolute Gasteiger partial charge is 0.370 e. The summed E-state index contributed by atoms with van der Waals surface area (Å²) in [7, 11) is 0. The maximum atomic E-state index is 10.5. The molecule has 2 rings (SSSR count). The highest BCUT2D eigenvalue weighted by atomic mass is 16.6. The molecule has 2 unspecified atom stereocenters. The standard InChI is InChI=1S/C10H16N2O2/c1-2-11-6-8-4-3-5-9(8)10(11)7-12(13)14/h7-9H,2-6H2,1H3. The van der Waals surface area contributed by atoms with Crippen molar-refractivity contribution in [3.8, 4) is 0 Å². The Morgan fingerprint density at radius 3 is 3.07 bits per heavy atom. The summed E-state index contributed by atoms with van der Waals surface area (Å²) in [4.78, 5) is 12.4. The Kier molecular flexibility index (Phi) is 2.44. The molecular formula is C10H16N2O2. The van der Waals surface area contributed by atoms with E-state index in [1.54, 1.807) is 0 Å². The monoisotopic (exact) mass is 196 g/mol. The number of rotatable bonds is 2. The van der Waals surface area contributed by atoms with Gasteiger partial charge in [-0.15, -0.1) is 0 Å². The second-order valence-electron chi connectivity index (χ2n) is 4.18. The number of hydrogen-bond donors (Lipinski definition) is 0. The van der Waals surface area contributed by atoms with Crippen LogP contribution in [0.4, 0.5) is 0 Å². The van der Waals surface area contributed by atoms with Crippen LogP contribution in [0.3, 0.4) is 0 Å². The number of likely N-dealkylation sites (tertiary alicyclic amines) is 1. The minimum Gasteiger partial charge on any atom is -0.370 e. The molecule has 1 saturated carbocycles. The quantitative estimate of drug-likeness (QED) is 0.500. The molecule has 4 heteroatoms. The van der Waals surface area contributed by atoms with Crippen LogP contribution in [-0.4, -0.2) is 22.9 Å². The molecule has 1 heterocycles. The Bertz CT molecular complexity index is 275. The van der Waals surface area contributed by atoms with Crippen LogP contribution in [-0.2, 0) is 0 Å². The van der Waals surface area contributed by atoms with Crippen LogP contribution < -0.4 is 0 Å². The molecule has 0 bridgehead atoms. The van der Waals surface area contributed by atoms with E-state index in [4.69, 9.17) is 0 Å². The highest BCUT2D eigenvalue weighted by Gasteiger charge is 2.40. The van der Waals surface area contributed by atoms with Gasteiger partial charge in [0.25, 0.3) is 6.20 Å². The third-order valence-corrected chi connectivity index (χ3v) is 3.48. The number of allylic oxidation sites excluding steroid dienone is 1. The molecule has 1 aliphatic carbocycles. The van der Waals surface area contributed by atoms with Crippen molar-refractivity contribution in [1.82, 2.24) is 4.90 Å². The molecule has 0 aromatic rings. The van der Waals surface area contributed by atoms with Crippen molar-refractivity contribution >= 4 is 0 Å². The van der Waals surface area contributed by atoms with Crippen LogP contribution in [0, 0.1) is 22.0 Å². The van der Waals surface area contributed by atoms with Crippen LogP contribution in [0.1, 0.15) is 26.2 Å². The summed E-state index contributed by atoms with van der Waals surface area (Å²) in [5.41, 5.74) is 0.972. The normalized spacial score (nSPS) is 33.8. The zero-order valence-electron chi connectivity index (χ0n) is 8.48. The van der Waals surface area contributed by atoms with Crippen molar-refractivity contribution in [3.05, 3.63) is 22.0 Å². The predicted octanol–water partition coefficient (Wildman–Crippen LogP) is 1.86. The molecule has 1 saturated heterocycles. The number of fused-ring (bicyclic) bond motifs is 1. The highest BCUT2D eigenvalue weighted by Crippen LogP contribution is 2.44. The molecule has 2 aliphatic rings. The van der Waals surface area contributed by atoms with Gasteiger partial charge in [-0.1, -0.05) is 6.42 Å². The van der Waals surface area contributed by atoms with Crippen molar-refractivity contribution in [2.24, 2.45) is 11.8 Å². The summed E-state index contributed by atoms with van der Waals surface area (Å²) < 4.78 is 0. The maximum Gasteiger partial charge on any atom is 0.253 e. The van der Waals surface area contributed by atoms with Gasteiger partial charge in [0.1, 0.15) is 0 Å². The van der Waals surface area contributed by atoms with Gasteiger partial charge in [-0.2, -0.15) is 0 Å². The van der Waals surface area contributed by atoms with Gasteiger partial charge in [0.05, 0.1) is 10.6 Å². The second-order valence-corrected chi connectivity index (χ2v) is 4.18. The van der Waals surface area contributed by atoms with Gasteiger partial charge in [-0.3, -0.25) is 10.1 Å². The zero-order valence-corrected chi connectivity index (χ0v) is 8.48. The van der Waals surface area contributed by atoms with Gasteiger partial charge in [-0.25, -0.2) is 0 Å². The Hall–Kier alpha value is -1.06. The van der Waals surface area contributed by atoms with Crippen LogP contribution in [0.25, 0.3) is 0 Å². The predicted molar refractivity (Wildman–Crippen MR) is 53.2 cm³/mol. The summed E-state index contributed by atoms with van der Waals surface area (Å²) in [5, 5.41) is 10.5. The van der Waals surface area contributed by atoms with E-state index >= 15 is 0 Å². The average Bonchev–Trinajstić information content (AvgIpc) is 2.67. The van der Waals surface area contributed by atoms with Crippen LogP contribution in [0.2, 0.25) is 0 Å². The Morgan fingerprint density at radius 2 is 2.43 bits per heavy atom. The Morgan fingerprint density at radius 1 is 1.64 bits per heavy atom. The van der Waals surface area contributed by atoms with E-state index in [2.05, 4.69) is 11.8 Å². The minimum absolute atomic E-state index is 0.307. The molecular weight excluding hydrogens is 180 g/mol. The molecule has 0 radical (unpaired) electrons. The van der Waals surface area contributed by atoms with E-state index in [9.17, 15) is 10.1 Å². The molecule has 78 valence electrons. The smallest absolute Gasteiger partial charge is 0.253 e. The van der Waals surface area contributed by atoms with Crippen LogP contribution >= 0.6 is 0 Å². The van der Waals surface area contributed by atoms with Gasteiger partial charge < -0.3 is 4.90 Å². The molecule has 2 atom stereocenters. The molecule has 0 aromatic heterocycles. The van der Waals surface area contributed by atoms with E-state index in [0.717, 1.165) is 25.2 Å². The van der Waals surface area contributed by atoms with Crippen molar-refractivity contribution in [2.45, 2.75) is 26.2 Å². The second kappa shape index (κ2) is 3.59. The highest BCUT2D eigenvalue weighted by molar-refractivity contribution is 5.13. The Balaban J connectivity index is 2.21. The summed E-state index contributed by atoms with van der Waals surface area (Å²) in [6.07, 6.45) is 4.85. The van der Waals surface area contributed by atoms with Crippen molar-refractivity contribution in [3.63, 3.8) is 0 Å². The van der Waals surface area contributed by atoms with Crippen LogP contribution in [0.15, 0.2) is 11.9 Å². The van der Waals surface area contributed by atoms with Gasteiger partial charge in [0.15, 0.2) is 0 Å².